The molecule has 1 unspecified atom stereocenters. The molecule has 0 spiro atoms. The van der Waals surface area contributed by atoms with Crippen LogP contribution in [0.25, 0.3) is 10.9 Å². The first-order chi connectivity index (χ1) is 14.4. The normalized spacial score (nSPS) is 15.3. The zero-order valence-corrected chi connectivity index (χ0v) is 18.1. The Morgan fingerprint density at radius 1 is 1.20 bits per heavy atom. The van der Waals surface area contributed by atoms with E-state index in [9.17, 15) is 9.18 Å². The number of amides is 1. The highest BCUT2D eigenvalue weighted by atomic mass is 79.9. The SMILES string of the molecule is Cn1nc(Nc2cc(Br)cc3c2C(c2cc(F)ccc2Cl)NC3=O)c2ccccc21. The Bertz CT molecular complexity index is 1340. The van der Waals surface area contributed by atoms with Gasteiger partial charge in [-0.3, -0.25) is 9.48 Å². The Morgan fingerprint density at radius 3 is 2.83 bits per heavy atom. The zero-order valence-electron chi connectivity index (χ0n) is 15.7. The summed E-state index contributed by atoms with van der Waals surface area (Å²) in [5.74, 6) is 0.00170. The first-order valence-electron chi connectivity index (χ1n) is 9.20. The molecule has 5 nitrogen and oxygen atoms in total. The highest BCUT2D eigenvalue weighted by Gasteiger charge is 2.34. The molecule has 1 aliphatic rings. The van der Waals surface area contributed by atoms with Crippen LogP contribution in [-0.4, -0.2) is 15.7 Å². The predicted octanol–water partition coefficient (Wildman–Crippen LogP) is 5.70. The first-order valence-corrected chi connectivity index (χ1v) is 10.4. The molecule has 30 heavy (non-hydrogen) atoms. The van der Waals surface area contributed by atoms with E-state index < -0.39 is 11.9 Å². The summed E-state index contributed by atoms with van der Waals surface area (Å²) in [6, 6.07) is 15.1. The molecule has 150 valence electrons. The van der Waals surface area contributed by atoms with Crippen molar-refractivity contribution in [2.75, 3.05) is 5.32 Å². The number of rotatable bonds is 3. The number of anilines is 2. The van der Waals surface area contributed by atoms with E-state index in [-0.39, 0.29) is 5.91 Å². The lowest BCUT2D eigenvalue weighted by Crippen LogP contribution is -2.20. The number of hydrogen-bond donors (Lipinski definition) is 2. The Kier molecular flexibility index (Phi) is 4.52. The maximum Gasteiger partial charge on any atom is 0.252 e. The molecule has 1 atom stereocenters. The molecule has 0 fully saturated rings. The van der Waals surface area contributed by atoms with Crippen LogP contribution in [0.2, 0.25) is 5.02 Å². The molecule has 1 amide bonds. The summed E-state index contributed by atoms with van der Waals surface area (Å²) in [6.07, 6.45) is 0. The quantitative estimate of drug-likeness (QED) is 0.391. The fourth-order valence-corrected chi connectivity index (χ4v) is 4.59. The van der Waals surface area contributed by atoms with Crippen LogP contribution < -0.4 is 10.6 Å². The summed E-state index contributed by atoms with van der Waals surface area (Å²) in [5, 5.41) is 12.2. The van der Waals surface area contributed by atoms with Crippen molar-refractivity contribution in [1.29, 1.82) is 0 Å². The van der Waals surface area contributed by atoms with Crippen LogP contribution in [0.1, 0.15) is 27.5 Å². The summed E-state index contributed by atoms with van der Waals surface area (Å²) in [6.45, 7) is 0. The van der Waals surface area contributed by atoms with Crippen molar-refractivity contribution in [1.82, 2.24) is 15.1 Å². The first kappa shape index (κ1) is 19.1. The fraction of sp³-hybridized carbons (Fsp3) is 0.0909. The lowest BCUT2D eigenvalue weighted by molar-refractivity contribution is 0.0960. The smallest absolute Gasteiger partial charge is 0.252 e. The van der Waals surface area contributed by atoms with Crippen LogP contribution in [-0.2, 0) is 7.05 Å². The molecule has 3 aromatic carbocycles. The third-order valence-corrected chi connectivity index (χ3v) is 6.04. The van der Waals surface area contributed by atoms with E-state index in [1.807, 2.05) is 37.4 Å². The summed E-state index contributed by atoms with van der Waals surface area (Å²) in [7, 11) is 1.87. The zero-order chi connectivity index (χ0) is 21.0. The molecule has 0 radical (unpaired) electrons. The highest BCUT2D eigenvalue weighted by molar-refractivity contribution is 9.10. The van der Waals surface area contributed by atoms with Crippen LogP contribution in [0, 0.1) is 5.82 Å². The molecule has 1 aromatic heterocycles. The van der Waals surface area contributed by atoms with Crippen LogP contribution in [0.3, 0.4) is 0 Å². The van der Waals surface area contributed by atoms with Gasteiger partial charge in [0.1, 0.15) is 5.82 Å². The molecule has 0 bridgehead atoms. The van der Waals surface area contributed by atoms with Crippen molar-refractivity contribution in [2.24, 2.45) is 7.05 Å². The largest absolute Gasteiger partial charge is 0.341 e. The molecule has 0 saturated heterocycles. The number of carbonyl (C=O) groups excluding carboxylic acids is 1. The lowest BCUT2D eigenvalue weighted by Gasteiger charge is -2.18. The number of aryl methyl sites for hydroxylation is 1. The van der Waals surface area contributed by atoms with Gasteiger partial charge in [0.15, 0.2) is 5.82 Å². The van der Waals surface area contributed by atoms with Gasteiger partial charge in [-0.2, -0.15) is 5.10 Å². The third-order valence-electron chi connectivity index (χ3n) is 5.23. The molecule has 4 aromatic rings. The fourth-order valence-electron chi connectivity index (χ4n) is 3.90. The monoisotopic (exact) mass is 484 g/mol. The summed E-state index contributed by atoms with van der Waals surface area (Å²) >= 11 is 9.83. The average molecular weight is 486 g/mol. The maximum absolute atomic E-state index is 14.0. The second-order valence-corrected chi connectivity index (χ2v) is 8.42. The predicted molar refractivity (Wildman–Crippen MR) is 119 cm³/mol. The van der Waals surface area contributed by atoms with Gasteiger partial charge >= 0.3 is 0 Å². The number of fused-ring (bicyclic) bond motifs is 2. The molecule has 1 aliphatic heterocycles. The van der Waals surface area contributed by atoms with Gasteiger partial charge in [0.05, 0.1) is 11.6 Å². The van der Waals surface area contributed by atoms with E-state index in [0.717, 1.165) is 15.4 Å². The van der Waals surface area contributed by atoms with Crippen LogP contribution in [0.15, 0.2) is 59.1 Å². The van der Waals surface area contributed by atoms with Crippen LogP contribution in [0.4, 0.5) is 15.9 Å². The number of benzene rings is 3. The number of halogens is 3. The summed E-state index contributed by atoms with van der Waals surface area (Å²) in [4.78, 5) is 12.7. The van der Waals surface area contributed by atoms with Gasteiger partial charge in [-0.05, 0) is 42.5 Å². The van der Waals surface area contributed by atoms with Gasteiger partial charge in [-0.25, -0.2) is 4.39 Å². The van der Waals surface area contributed by atoms with Crippen molar-refractivity contribution in [2.45, 2.75) is 6.04 Å². The van der Waals surface area contributed by atoms with E-state index in [1.54, 1.807) is 10.7 Å². The minimum absolute atomic E-state index is 0.245. The molecular weight excluding hydrogens is 471 g/mol. The molecule has 2 heterocycles. The van der Waals surface area contributed by atoms with Crippen molar-refractivity contribution in [3.05, 3.63) is 86.6 Å². The maximum atomic E-state index is 14.0. The minimum Gasteiger partial charge on any atom is -0.341 e. The Balaban J connectivity index is 1.68. The van der Waals surface area contributed by atoms with E-state index in [1.165, 1.54) is 18.2 Å². The topological polar surface area (TPSA) is 59.0 Å². The summed E-state index contributed by atoms with van der Waals surface area (Å²) in [5.41, 5.74) is 3.36. The van der Waals surface area contributed by atoms with Gasteiger partial charge in [0.2, 0.25) is 0 Å². The van der Waals surface area contributed by atoms with Crippen molar-refractivity contribution >= 4 is 55.8 Å². The molecule has 8 heteroatoms. The molecule has 2 N–H and O–H groups in total. The van der Waals surface area contributed by atoms with Crippen LogP contribution in [0.5, 0.6) is 0 Å². The minimum atomic E-state index is -0.582. The van der Waals surface area contributed by atoms with Gasteiger partial charge < -0.3 is 10.6 Å². The number of nitrogens with zero attached hydrogens (tertiary/aromatic N) is 2. The van der Waals surface area contributed by atoms with Crippen molar-refractivity contribution in [3.8, 4) is 0 Å². The Morgan fingerprint density at radius 2 is 2.00 bits per heavy atom. The van der Waals surface area contributed by atoms with Crippen LogP contribution >= 0.6 is 27.5 Å². The molecule has 0 aliphatic carbocycles. The van der Waals surface area contributed by atoms with Crippen molar-refractivity contribution < 1.29 is 9.18 Å². The molecule has 0 saturated carbocycles. The highest BCUT2D eigenvalue weighted by Crippen LogP contribution is 2.42. The van der Waals surface area contributed by atoms with E-state index in [2.05, 4.69) is 31.7 Å². The van der Waals surface area contributed by atoms with Crippen molar-refractivity contribution in [3.63, 3.8) is 0 Å². The Labute approximate surface area is 185 Å². The number of para-hydroxylation sites is 1. The van der Waals surface area contributed by atoms with Gasteiger partial charge in [0, 0.05) is 44.3 Å². The summed E-state index contributed by atoms with van der Waals surface area (Å²) < 4.78 is 16.5. The van der Waals surface area contributed by atoms with Gasteiger partial charge in [-0.15, -0.1) is 0 Å². The standard InChI is InChI=1S/C22H15BrClFN4O/c1-29-18-5-3-2-4-13(18)21(28-29)26-17-9-11(23)8-15-19(17)20(27-22(15)30)14-10-12(25)6-7-16(14)24/h2-10,20H,1H3,(H,26,28)(H,27,30). The average Bonchev–Trinajstić information content (AvgIpc) is 3.21. The molecular formula is C22H15BrClFN4O. The number of nitrogens with one attached hydrogen (secondary N) is 2. The third kappa shape index (κ3) is 3.05. The second kappa shape index (κ2) is 7.11. The van der Waals surface area contributed by atoms with Gasteiger partial charge in [-0.1, -0.05) is 39.7 Å². The second-order valence-electron chi connectivity index (χ2n) is 7.10. The van der Waals surface area contributed by atoms with E-state index >= 15 is 0 Å². The van der Waals surface area contributed by atoms with Gasteiger partial charge in [0.25, 0.3) is 5.91 Å². The number of aromatic nitrogens is 2. The number of carbonyl (C=O) groups is 1. The lowest BCUT2D eigenvalue weighted by atomic mass is 9.96. The van der Waals surface area contributed by atoms with E-state index in [4.69, 9.17) is 11.6 Å². The Hall–Kier alpha value is -2.90. The molecule has 5 rings (SSSR count). The number of hydrogen-bond acceptors (Lipinski definition) is 3. The van der Waals surface area contributed by atoms with E-state index in [0.29, 0.717) is 33.2 Å².